The molecule has 1 rings (SSSR count). The Bertz CT molecular complexity index is 283. The minimum absolute atomic E-state index is 0.316. The first-order valence-corrected chi connectivity index (χ1v) is 8.66. The Hall–Kier alpha value is -0.0800. The second-order valence-corrected chi connectivity index (χ2v) is 8.27. The summed E-state index contributed by atoms with van der Waals surface area (Å²) in [5, 5.41) is 3.81. The van der Waals surface area contributed by atoms with Crippen LogP contribution < -0.4 is 5.32 Å². The molecule has 0 saturated heterocycles. The molecule has 20 heavy (non-hydrogen) atoms. The highest BCUT2D eigenvalue weighted by atomic mass is 15.2. The van der Waals surface area contributed by atoms with E-state index in [0.717, 1.165) is 12.0 Å². The van der Waals surface area contributed by atoms with Crippen LogP contribution >= 0.6 is 0 Å². The average Bonchev–Trinajstić information content (AvgIpc) is 2.37. The molecule has 2 unspecified atom stereocenters. The van der Waals surface area contributed by atoms with Gasteiger partial charge in [0.1, 0.15) is 0 Å². The first-order valence-electron chi connectivity index (χ1n) is 8.66. The SMILES string of the molecule is CCCNC1CCC(C)(C)CC1CN(C)C(C)(C)CC. The summed E-state index contributed by atoms with van der Waals surface area (Å²) < 4.78 is 0. The van der Waals surface area contributed by atoms with Crippen LogP contribution in [0.4, 0.5) is 0 Å². The Balaban J connectivity index is 2.68. The molecular formula is C18H38N2. The lowest BCUT2D eigenvalue weighted by molar-refractivity contribution is 0.0665. The minimum atomic E-state index is 0.316. The molecule has 0 aromatic rings. The third-order valence-electron chi connectivity index (χ3n) is 5.58. The predicted molar refractivity (Wildman–Crippen MR) is 90.2 cm³/mol. The number of hydrogen-bond acceptors (Lipinski definition) is 2. The van der Waals surface area contributed by atoms with E-state index in [1.54, 1.807) is 0 Å². The molecule has 0 bridgehead atoms. The van der Waals surface area contributed by atoms with E-state index in [4.69, 9.17) is 0 Å². The summed E-state index contributed by atoms with van der Waals surface area (Å²) in [7, 11) is 2.31. The summed E-state index contributed by atoms with van der Waals surface area (Å²) in [4.78, 5) is 2.58. The summed E-state index contributed by atoms with van der Waals surface area (Å²) in [5.74, 6) is 0.793. The van der Waals surface area contributed by atoms with E-state index in [-0.39, 0.29) is 0 Å². The molecule has 2 nitrogen and oxygen atoms in total. The molecule has 0 aliphatic heterocycles. The molecule has 0 spiro atoms. The van der Waals surface area contributed by atoms with Gasteiger partial charge in [-0.15, -0.1) is 0 Å². The van der Waals surface area contributed by atoms with Gasteiger partial charge in [0.05, 0.1) is 0 Å². The zero-order valence-corrected chi connectivity index (χ0v) is 15.1. The third kappa shape index (κ3) is 5.04. The standard InChI is InChI=1S/C18H38N2/c1-8-12-19-16-10-11-17(3,4)13-15(16)14-20(7)18(5,6)9-2/h15-16,19H,8-14H2,1-7H3. The van der Waals surface area contributed by atoms with Gasteiger partial charge in [-0.05, 0) is 70.9 Å². The van der Waals surface area contributed by atoms with E-state index in [9.17, 15) is 0 Å². The maximum absolute atomic E-state index is 3.81. The number of rotatable bonds is 7. The Morgan fingerprint density at radius 1 is 1.25 bits per heavy atom. The van der Waals surface area contributed by atoms with E-state index in [2.05, 4.69) is 58.8 Å². The van der Waals surface area contributed by atoms with E-state index < -0.39 is 0 Å². The molecule has 0 aromatic heterocycles. The molecule has 1 saturated carbocycles. The molecule has 2 heteroatoms. The summed E-state index contributed by atoms with van der Waals surface area (Å²) in [6.45, 7) is 16.6. The fraction of sp³-hybridized carbons (Fsp3) is 1.00. The van der Waals surface area contributed by atoms with Crippen LogP contribution in [0.1, 0.15) is 73.6 Å². The Morgan fingerprint density at radius 3 is 2.45 bits per heavy atom. The first kappa shape index (κ1) is 18.0. The van der Waals surface area contributed by atoms with Crippen LogP contribution in [0, 0.1) is 11.3 Å². The average molecular weight is 283 g/mol. The summed E-state index contributed by atoms with van der Waals surface area (Å²) in [5.41, 5.74) is 0.836. The molecule has 1 N–H and O–H groups in total. The monoisotopic (exact) mass is 282 g/mol. The lowest BCUT2D eigenvalue weighted by atomic mass is 9.69. The maximum atomic E-state index is 3.81. The van der Waals surface area contributed by atoms with Gasteiger partial charge in [0.25, 0.3) is 0 Å². The fourth-order valence-corrected chi connectivity index (χ4v) is 3.40. The van der Waals surface area contributed by atoms with Gasteiger partial charge in [-0.3, -0.25) is 0 Å². The van der Waals surface area contributed by atoms with Crippen LogP contribution in [0.3, 0.4) is 0 Å². The van der Waals surface area contributed by atoms with Crippen molar-refractivity contribution in [1.29, 1.82) is 0 Å². The van der Waals surface area contributed by atoms with Crippen LogP contribution in [0.25, 0.3) is 0 Å². The zero-order valence-electron chi connectivity index (χ0n) is 15.1. The van der Waals surface area contributed by atoms with Crippen LogP contribution in [0.2, 0.25) is 0 Å². The second-order valence-electron chi connectivity index (χ2n) is 8.27. The van der Waals surface area contributed by atoms with Crippen LogP contribution in [-0.4, -0.2) is 36.6 Å². The van der Waals surface area contributed by atoms with Crippen molar-refractivity contribution in [3.63, 3.8) is 0 Å². The summed E-state index contributed by atoms with van der Waals surface area (Å²) in [6.07, 6.45) is 6.53. The topological polar surface area (TPSA) is 15.3 Å². The predicted octanol–water partition coefficient (Wildman–Crippen LogP) is 4.30. The van der Waals surface area contributed by atoms with Crippen molar-refractivity contribution in [1.82, 2.24) is 10.2 Å². The van der Waals surface area contributed by atoms with Gasteiger partial charge in [0.15, 0.2) is 0 Å². The number of nitrogens with one attached hydrogen (secondary N) is 1. The molecule has 2 atom stereocenters. The molecule has 0 aromatic carbocycles. The highest BCUT2D eigenvalue weighted by molar-refractivity contribution is 4.91. The highest BCUT2D eigenvalue weighted by Crippen LogP contribution is 2.39. The van der Waals surface area contributed by atoms with Crippen LogP contribution in [0.15, 0.2) is 0 Å². The lowest BCUT2D eigenvalue weighted by Crippen LogP contribution is -2.51. The molecule has 1 aliphatic rings. The molecule has 0 radical (unpaired) electrons. The lowest BCUT2D eigenvalue weighted by Gasteiger charge is -2.45. The van der Waals surface area contributed by atoms with Gasteiger partial charge < -0.3 is 10.2 Å². The van der Waals surface area contributed by atoms with E-state index in [0.29, 0.717) is 11.0 Å². The van der Waals surface area contributed by atoms with Crippen molar-refractivity contribution in [2.45, 2.75) is 85.2 Å². The van der Waals surface area contributed by atoms with E-state index >= 15 is 0 Å². The molecule has 0 amide bonds. The van der Waals surface area contributed by atoms with Gasteiger partial charge in [0, 0.05) is 18.1 Å². The van der Waals surface area contributed by atoms with Crippen molar-refractivity contribution in [2.75, 3.05) is 20.1 Å². The van der Waals surface area contributed by atoms with Gasteiger partial charge >= 0.3 is 0 Å². The van der Waals surface area contributed by atoms with Crippen molar-refractivity contribution in [3.05, 3.63) is 0 Å². The molecule has 120 valence electrons. The minimum Gasteiger partial charge on any atom is -0.314 e. The van der Waals surface area contributed by atoms with Gasteiger partial charge in [-0.1, -0.05) is 27.7 Å². The zero-order chi connectivity index (χ0) is 15.4. The quantitative estimate of drug-likeness (QED) is 0.749. The van der Waals surface area contributed by atoms with Crippen molar-refractivity contribution < 1.29 is 0 Å². The fourth-order valence-electron chi connectivity index (χ4n) is 3.40. The molecule has 0 heterocycles. The normalized spacial score (nSPS) is 27.0. The largest absolute Gasteiger partial charge is 0.314 e. The van der Waals surface area contributed by atoms with Crippen LogP contribution in [0.5, 0.6) is 0 Å². The van der Waals surface area contributed by atoms with Crippen LogP contribution in [-0.2, 0) is 0 Å². The second kappa shape index (κ2) is 7.26. The van der Waals surface area contributed by atoms with E-state index in [1.165, 1.54) is 45.2 Å². The van der Waals surface area contributed by atoms with Gasteiger partial charge in [0.2, 0.25) is 0 Å². The molecular weight excluding hydrogens is 244 g/mol. The number of hydrogen-bond donors (Lipinski definition) is 1. The van der Waals surface area contributed by atoms with Gasteiger partial charge in [-0.2, -0.15) is 0 Å². The summed E-state index contributed by atoms with van der Waals surface area (Å²) in [6, 6.07) is 0.720. The maximum Gasteiger partial charge on any atom is 0.0147 e. The van der Waals surface area contributed by atoms with E-state index in [1.807, 2.05) is 0 Å². The first-order chi connectivity index (χ1) is 9.22. The smallest absolute Gasteiger partial charge is 0.0147 e. The molecule has 1 fully saturated rings. The van der Waals surface area contributed by atoms with Gasteiger partial charge in [-0.25, -0.2) is 0 Å². The van der Waals surface area contributed by atoms with Crippen molar-refractivity contribution in [3.8, 4) is 0 Å². The highest BCUT2D eigenvalue weighted by Gasteiger charge is 2.36. The summed E-state index contributed by atoms with van der Waals surface area (Å²) >= 11 is 0. The third-order valence-corrected chi connectivity index (χ3v) is 5.58. The Morgan fingerprint density at radius 2 is 1.90 bits per heavy atom. The van der Waals surface area contributed by atoms with Crippen molar-refractivity contribution >= 4 is 0 Å². The number of nitrogens with zero attached hydrogens (tertiary/aromatic N) is 1. The van der Waals surface area contributed by atoms with Crippen molar-refractivity contribution in [2.24, 2.45) is 11.3 Å². The Kier molecular flexibility index (Phi) is 6.53. The molecule has 1 aliphatic carbocycles. The Labute approximate surface area is 127 Å².